The lowest BCUT2D eigenvalue weighted by molar-refractivity contribution is 0.102. The van der Waals surface area contributed by atoms with Crippen LogP contribution in [0.1, 0.15) is 27.0 Å². The van der Waals surface area contributed by atoms with Crippen LogP contribution in [0.4, 0.5) is 11.4 Å². The normalized spacial score (nSPS) is 11.1. The van der Waals surface area contributed by atoms with Crippen LogP contribution in [-0.2, 0) is 22.3 Å². The third kappa shape index (κ3) is 7.28. The van der Waals surface area contributed by atoms with Crippen LogP contribution in [-0.4, -0.2) is 21.4 Å². The summed E-state index contributed by atoms with van der Waals surface area (Å²) in [6.07, 6.45) is 0. The molecule has 0 unspecified atom stereocenters. The zero-order valence-corrected chi connectivity index (χ0v) is 25.6. The number of amides is 1. The summed E-state index contributed by atoms with van der Waals surface area (Å²) in [7, 11) is -2.53. The molecule has 1 amide bonds. The molecule has 0 atom stereocenters. The number of thioether (sulfide) groups is 1. The third-order valence-electron chi connectivity index (χ3n) is 6.92. The van der Waals surface area contributed by atoms with Gasteiger partial charge in [0.05, 0.1) is 29.8 Å². The molecular weight excluding hydrogens is 577 g/mol. The van der Waals surface area contributed by atoms with E-state index in [4.69, 9.17) is 4.74 Å². The molecule has 0 heterocycles. The Morgan fingerprint density at radius 3 is 2.12 bits per heavy atom. The fourth-order valence-corrected chi connectivity index (χ4v) is 6.97. The predicted octanol–water partition coefficient (Wildman–Crippen LogP) is 7.94. The van der Waals surface area contributed by atoms with Gasteiger partial charge in [-0.25, -0.2) is 8.42 Å². The number of hydrogen-bond donors (Lipinski definition) is 1. The van der Waals surface area contributed by atoms with Crippen molar-refractivity contribution < 1.29 is 17.9 Å². The largest absolute Gasteiger partial charge is 0.497 e. The Bertz CT molecular complexity index is 1790. The van der Waals surface area contributed by atoms with Gasteiger partial charge in [-0.05, 0) is 78.2 Å². The molecule has 0 saturated heterocycles. The average molecular weight is 609 g/mol. The summed E-state index contributed by atoms with van der Waals surface area (Å²) >= 11 is 1.75. The highest BCUT2D eigenvalue weighted by atomic mass is 32.2. The molecule has 5 aromatic carbocycles. The molecule has 0 aliphatic rings. The Morgan fingerprint density at radius 2 is 1.44 bits per heavy atom. The Hall–Kier alpha value is -4.53. The van der Waals surface area contributed by atoms with Crippen molar-refractivity contribution in [1.29, 1.82) is 0 Å². The lowest BCUT2D eigenvalue weighted by Crippen LogP contribution is -2.32. The Labute approximate surface area is 257 Å². The summed E-state index contributed by atoms with van der Waals surface area (Å²) in [6, 6.07) is 38.5. The maximum Gasteiger partial charge on any atom is 0.264 e. The van der Waals surface area contributed by atoms with Gasteiger partial charge in [-0.3, -0.25) is 9.10 Å². The van der Waals surface area contributed by atoms with Gasteiger partial charge in [0.15, 0.2) is 0 Å². The minimum Gasteiger partial charge on any atom is -0.497 e. The second-order valence-corrected chi connectivity index (χ2v) is 12.8. The SMILES string of the molecule is COc1ccc(S(=O)(=O)N(Cc2ccccc2)c2ccccc2C(=O)Nc2ccc(CSc3ccccc3)cc2C)cc1. The summed E-state index contributed by atoms with van der Waals surface area (Å²) in [5.41, 5.74) is 4.05. The summed E-state index contributed by atoms with van der Waals surface area (Å²) in [6.45, 7) is 2.00. The number of benzene rings is 5. The van der Waals surface area contributed by atoms with Gasteiger partial charge in [0.2, 0.25) is 0 Å². The molecule has 0 aliphatic heterocycles. The van der Waals surface area contributed by atoms with E-state index in [1.165, 1.54) is 28.4 Å². The minimum absolute atomic E-state index is 0.0479. The maximum atomic E-state index is 14.1. The fourth-order valence-electron chi connectivity index (χ4n) is 4.64. The number of nitrogens with zero attached hydrogens (tertiary/aromatic N) is 1. The van der Waals surface area contributed by atoms with E-state index in [0.29, 0.717) is 11.4 Å². The van der Waals surface area contributed by atoms with Crippen molar-refractivity contribution in [2.75, 3.05) is 16.7 Å². The second-order valence-electron chi connectivity index (χ2n) is 9.90. The molecule has 0 saturated carbocycles. The summed E-state index contributed by atoms with van der Waals surface area (Å²) < 4.78 is 34.7. The molecule has 218 valence electrons. The van der Waals surface area contributed by atoms with E-state index in [9.17, 15) is 13.2 Å². The zero-order valence-electron chi connectivity index (χ0n) is 23.9. The molecule has 0 bridgehead atoms. The van der Waals surface area contributed by atoms with Crippen LogP contribution >= 0.6 is 11.8 Å². The number of rotatable bonds is 11. The summed E-state index contributed by atoms with van der Waals surface area (Å²) in [5.74, 6) is 0.959. The van der Waals surface area contributed by atoms with E-state index in [-0.39, 0.29) is 22.7 Å². The summed E-state index contributed by atoms with van der Waals surface area (Å²) in [4.78, 5) is 15.0. The van der Waals surface area contributed by atoms with E-state index in [1.807, 2.05) is 67.6 Å². The molecular formula is C35H32N2O4S2. The quantitative estimate of drug-likeness (QED) is 0.154. The fraction of sp³-hybridized carbons (Fsp3) is 0.114. The number of methoxy groups -OCH3 is 1. The molecule has 1 N–H and O–H groups in total. The third-order valence-corrected chi connectivity index (χ3v) is 9.78. The Kier molecular flexibility index (Phi) is 9.49. The highest BCUT2D eigenvalue weighted by Gasteiger charge is 2.29. The van der Waals surface area contributed by atoms with E-state index in [1.54, 1.807) is 48.2 Å². The Balaban J connectivity index is 1.43. The van der Waals surface area contributed by atoms with E-state index in [0.717, 1.165) is 22.4 Å². The number of hydrogen-bond acceptors (Lipinski definition) is 5. The van der Waals surface area contributed by atoms with Crippen molar-refractivity contribution in [2.45, 2.75) is 29.0 Å². The molecule has 5 rings (SSSR count). The maximum absolute atomic E-state index is 14.1. The van der Waals surface area contributed by atoms with Gasteiger partial charge in [-0.2, -0.15) is 0 Å². The number of ether oxygens (including phenoxy) is 1. The number of anilines is 2. The molecule has 0 radical (unpaired) electrons. The average Bonchev–Trinajstić information content (AvgIpc) is 3.04. The highest BCUT2D eigenvalue weighted by molar-refractivity contribution is 7.98. The van der Waals surface area contributed by atoms with Crippen molar-refractivity contribution >= 4 is 39.1 Å². The number of sulfonamides is 1. The highest BCUT2D eigenvalue weighted by Crippen LogP contribution is 2.31. The number of aryl methyl sites for hydroxylation is 1. The van der Waals surface area contributed by atoms with Crippen LogP contribution in [0.15, 0.2) is 137 Å². The smallest absolute Gasteiger partial charge is 0.264 e. The van der Waals surface area contributed by atoms with Gasteiger partial charge in [0, 0.05) is 16.3 Å². The van der Waals surface area contributed by atoms with E-state index < -0.39 is 15.9 Å². The topological polar surface area (TPSA) is 75.7 Å². The number of carbonyl (C=O) groups excluding carboxylic acids is 1. The number of para-hydroxylation sites is 1. The van der Waals surface area contributed by atoms with E-state index >= 15 is 0 Å². The standard InChI is InChI=1S/C35H32N2O4S2/c1-26-23-28(25-42-30-13-7-4-8-14-30)17-22-33(26)36-35(38)32-15-9-10-16-34(32)37(24-27-11-5-3-6-12-27)43(39,40)31-20-18-29(41-2)19-21-31/h3-23H,24-25H2,1-2H3,(H,36,38). The lowest BCUT2D eigenvalue weighted by atomic mass is 10.1. The molecule has 0 spiro atoms. The Morgan fingerprint density at radius 1 is 0.791 bits per heavy atom. The second kappa shape index (κ2) is 13.6. The van der Waals surface area contributed by atoms with Gasteiger partial charge >= 0.3 is 0 Å². The van der Waals surface area contributed by atoms with Crippen molar-refractivity contribution in [1.82, 2.24) is 0 Å². The van der Waals surface area contributed by atoms with Crippen molar-refractivity contribution in [3.05, 3.63) is 150 Å². The first-order valence-electron chi connectivity index (χ1n) is 13.7. The first-order chi connectivity index (χ1) is 20.8. The van der Waals surface area contributed by atoms with Crippen LogP contribution in [0.3, 0.4) is 0 Å². The first-order valence-corrected chi connectivity index (χ1v) is 16.2. The molecule has 43 heavy (non-hydrogen) atoms. The molecule has 0 fully saturated rings. The zero-order chi connectivity index (χ0) is 30.2. The molecule has 0 aromatic heterocycles. The minimum atomic E-state index is -4.05. The van der Waals surface area contributed by atoms with E-state index in [2.05, 4.69) is 23.5 Å². The molecule has 5 aromatic rings. The van der Waals surface area contributed by atoms with Gasteiger partial charge in [0.1, 0.15) is 5.75 Å². The molecule has 0 aliphatic carbocycles. The number of nitrogens with one attached hydrogen (secondary N) is 1. The lowest BCUT2D eigenvalue weighted by Gasteiger charge is -2.27. The van der Waals surface area contributed by atoms with Crippen molar-refractivity contribution in [3.63, 3.8) is 0 Å². The molecule has 8 heteroatoms. The number of carbonyl (C=O) groups is 1. The molecule has 6 nitrogen and oxygen atoms in total. The van der Waals surface area contributed by atoms with Gasteiger partial charge in [-0.1, -0.05) is 72.8 Å². The van der Waals surface area contributed by atoms with Gasteiger partial charge < -0.3 is 10.1 Å². The van der Waals surface area contributed by atoms with Crippen molar-refractivity contribution in [2.24, 2.45) is 0 Å². The predicted molar refractivity (Wildman–Crippen MR) is 174 cm³/mol. The van der Waals surface area contributed by atoms with Crippen molar-refractivity contribution in [3.8, 4) is 5.75 Å². The first kappa shape index (κ1) is 29.9. The van der Waals surface area contributed by atoms with Crippen LogP contribution in [0.25, 0.3) is 0 Å². The van der Waals surface area contributed by atoms with Crippen LogP contribution in [0, 0.1) is 6.92 Å². The van der Waals surface area contributed by atoms with Gasteiger partial charge in [-0.15, -0.1) is 11.8 Å². The van der Waals surface area contributed by atoms with Crippen LogP contribution in [0.2, 0.25) is 0 Å². The monoisotopic (exact) mass is 608 g/mol. The summed E-state index contributed by atoms with van der Waals surface area (Å²) in [5, 5.41) is 3.01. The van der Waals surface area contributed by atoms with Crippen LogP contribution < -0.4 is 14.4 Å². The van der Waals surface area contributed by atoms with Crippen LogP contribution in [0.5, 0.6) is 5.75 Å². The van der Waals surface area contributed by atoms with Gasteiger partial charge in [0.25, 0.3) is 15.9 Å².